The van der Waals surface area contributed by atoms with Gasteiger partial charge in [0.25, 0.3) is 0 Å². The van der Waals surface area contributed by atoms with Crippen molar-refractivity contribution in [3.8, 4) is 0 Å². The van der Waals surface area contributed by atoms with Crippen LogP contribution in [0.25, 0.3) is 0 Å². The van der Waals surface area contributed by atoms with Gasteiger partial charge in [-0.1, -0.05) is 13.8 Å². The summed E-state index contributed by atoms with van der Waals surface area (Å²) in [4.78, 5) is 10.9. The molecular weight excluding hydrogens is 202 g/mol. The van der Waals surface area contributed by atoms with Crippen molar-refractivity contribution < 1.29 is 9.90 Å². The van der Waals surface area contributed by atoms with E-state index in [-0.39, 0.29) is 12.0 Å². The standard InChI is InChI=1S/C13H23NO2/c1-8-5-9(2)7-10(6-8)14-12-4-3-11(12)13(15)16/h8-12,14H,3-7H2,1-2H3,(H,15,16). The first-order chi connectivity index (χ1) is 7.56. The molecule has 3 heteroatoms. The molecular formula is C13H23NO2. The molecule has 2 aliphatic rings. The Hall–Kier alpha value is -0.570. The molecule has 0 radical (unpaired) electrons. The SMILES string of the molecule is CC1CC(C)CC(NC2CCC2C(=O)O)C1. The summed E-state index contributed by atoms with van der Waals surface area (Å²) >= 11 is 0. The van der Waals surface area contributed by atoms with Crippen LogP contribution in [0.3, 0.4) is 0 Å². The van der Waals surface area contributed by atoms with Gasteiger partial charge in [0.05, 0.1) is 5.92 Å². The predicted molar refractivity (Wildman–Crippen MR) is 63.3 cm³/mol. The van der Waals surface area contributed by atoms with E-state index in [2.05, 4.69) is 19.2 Å². The van der Waals surface area contributed by atoms with E-state index in [1.54, 1.807) is 0 Å². The van der Waals surface area contributed by atoms with Crippen molar-refractivity contribution in [1.82, 2.24) is 5.32 Å². The number of nitrogens with one attached hydrogen (secondary N) is 1. The second kappa shape index (κ2) is 4.74. The second-order valence-electron chi connectivity index (χ2n) is 5.91. The Labute approximate surface area is 97.6 Å². The molecule has 2 N–H and O–H groups in total. The van der Waals surface area contributed by atoms with Gasteiger partial charge < -0.3 is 10.4 Å². The molecule has 4 atom stereocenters. The van der Waals surface area contributed by atoms with E-state index < -0.39 is 5.97 Å². The highest BCUT2D eigenvalue weighted by Gasteiger charge is 2.38. The molecule has 0 aromatic heterocycles. The van der Waals surface area contributed by atoms with E-state index in [4.69, 9.17) is 5.11 Å². The summed E-state index contributed by atoms with van der Waals surface area (Å²) in [5, 5.41) is 12.6. The lowest BCUT2D eigenvalue weighted by Gasteiger charge is -2.40. The van der Waals surface area contributed by atoms with E-state index in [0.29, 0.717) is 6.04 Å². The molecule has 0 bridgehead atoms. The number of carboxylic acids is 1. The molecule has 92 valence electrons. The van der Waals surface area contributed by atoms with Gasteiger partial charge in [0.15, 0.2) is 0 Å². The van der Waals surface area contributed by atoms with Gasteiger partial charge in [-0.2, -0.15) is 0 Å². The van der Waals surface area contributed by atoms with Gasteiger partial charge in [-0.25, -0.2) is 0 Å². The van der Waals surface area contributed by atoms with E-state index in [1.165, 1.54) is 19.3 Å². The number of rotatable bonds is 3. The van der Waals surface area contributed by atoms with Crippen molar-refractivity contribution in [3.63, 3.8) is 0 Å². The number of hydrogen-bond donors (Lipinski definition) is 2. The zero-order valence-corrected chi connectivity index (χ0v) is 10.3. The molecule has 0 aromatic carbocycles. The van der Waals surface area contributed by atoms with Gasteiger partial charge >= 0.3 is 5.97 Å². The van der Waals surface area contributed by atoms with Gasteiger partial charge in [-0.05, 0) is 43.9 Å². The quantitative estimate of drug-likeness (QED) is 0.774. The first-order valence-electron chi connectivity index (χ1n) is 6.55. The van der Waals surface area contributed by atoms with Crippen LogP contribution in [0.5, 0.6) is 0 Å². The molecule has 0 aliphatic heterocycles. The van der Waals surface area contributed by atoms with Crippen LogP contribution in [0.1, 0.15) is 46.0 Å². The maximum atomic E-state index is 10.9. The van der Waals surface area contributed by atoms with Crippen molar-refractivity contribution in [1.29, 1.82) is 0 Å². The number of hydrogen-bond acceptors (Lipinski definition) is 2. The smallest absolute Gasteiger partial charge is 0.308 e. The Morgan fingerprint density at radius 1 is 1.12 bits per heavy atom. The fraction of sp³-hybridized carbons (Fsp3) is 0.923. The third kappa shape index (κ3) is 2.57. The van der Waals surface area contributed by atoms with E-state index in [1.807, 2.05) is 0 Å². The van der Waals surface area contributed by atoms with Crippen molar-refractivity contribution in [2.45, 2.75) is 58.0 Å². The van der Waals surface area contributed by atoms with Crippen LogP contribution in [0.15, 0.2) is 0 Å². The van der Waals surface area contributed by atoms with Crippen LogP contribution in [-0.4, -0.2) is 23.2 Å². The average molecular weight is 225 g/mol. The minimum atomic E-state index is -0.624. The molecule has 0 heterocycles. The summed E-state index contributed by atoms with van der Waals surface area (Å²) < 4.78 is 0. The van der Waals surface area contributed by atoms with Crippen LogP contribution in [-0.2, 0) is 4.79 Å². The normalized spacial score (nSPS) is 43.8. The fourth-order valence-corrected chi connectivity index (χ4v) is 3.38. The van der Waals surface area contributed by atoms with Crippen molar-refractivity contribution >= 4 is 5.97 Å². The second-order valence-corrected chi connectivity index (χ2v) is 5.91. The third-order valence-corrected chi connectivity index (χ3v) is 4.22. The van der Waals surface area contributed by atoms with Gasteiger partial charge in [0.1, 0.15) is 0 Å². The van der Waals surface area contributed by atoms with Crippen molar-refractivity contribution in [2.75, 3.05) is 0 Å². The number of aliphatic carboxylic acids is 1. The highest BCUT2D eigenvalue weighted by Crippen LogP contribution is 2.33. The van der Waals surface area contributed by atoms with Crippen LogP contribution in [0.4, 0.5) is 0 Å². The van der Waals surface area contributed by atoms with Gasteiger partial charge in [-0.15, -0.1) is 0 Å². The minimum absolute atomic E-state index is 0.132. The lowest BCUT2D eigenvalue weighted by molar-refractivity contribution is -0.146. The largest absolute Gasteiger partial charge is 0.481 e. The lowest BCUT2D eigenvalue weighted by Crippen LogP contribution is -2.52. The highest BCUT2D eigenvalue weighted by molar-refractivity contribution is 5.72. The summed E-state index contributed by atoms with van der Waals surface area (Å²) in [6, 6.07) is 0.783. The van der Waals surface area contributed by atoms with E-state index in [0.717, 1.165) is 24.7 Å². The minimum Gasteiger partial charge on any atom is -0.481 e. The molecule has 0 aromatic rings. The van der Waals surface area contributed by atoms with Crippen molar-refractivity contribution in [2.24, 2.45) is 17.8 Å². The molecule has 0 spiro atoms. The van der Waals surface area contributed by atoms with E-state index >= 15 is 0 Å². The van der Waals surface area contributed by atoms with Crippen LogP contribution < -0.4 is 5.32 Å². The first kappa shape index (κ1) is 11.9. The van der Waals surface area contributed by atoms with Crippen LogP contribution in [0, 0.1) is 17.8 Å². The number of carboxylic acid groups (broad SMARTS) is 1. The molecule has 2 aliphatic carbocycles. The summed E-state index contributed by atoms with van der Waals surface area (Å²) in [5.74, 6) is 0.808. The highest BCUT2D eigenvalue weighted by atomic mass is 16.4. The maximum absolute atomic E-state index is 10.9. The van der Waals surface area contributed by atoms with Crippen LogP contribution in [0.2, 0.25) is 0 Å². The molecule has 0 amide bonds. The Balaban J connectivity index is 1.83. The Morgan fingerprint density at radius 2 is 1.75 bits per heavy atom. The third-order valence-electron chi connectivity index (χ3n) is 4.22. The summed E-state index contributed by atoms with van der Waals surface area (Å²) in [6.45, 7) is 4.61. The van der Waals surface area contributed by atoms with E-state index in [9.17, 15) is 4.79 Å². The molecule has 2 rings (SSSR count). The van der Waals surface area contributed by atoms with Gasteiger partial charge in [0.2, 0.25) is 0 Å². The molecule has 0 saturated heterocycles. The molecule has 4 unspecified atom stereocenters. The van der Waals surface area contributed by atoms with Gasteiger partial charge in [0, 0.05) is 12.1 Å². The predicted octanol–water partition coefficient (Wildman–Crippen LogP) is 2.26. The summed E-state index contributed by atoms with van der Waals surface area (Å²) in [6.07, 6.45) is 5.65. The zero-order chi connectivity index (χ0) is 11.7. The fourth-order valence-electron chi connectivity index (χ4n) is 3.38. The zero-order valence-electron chi connectivity index (χ0n) is 10.3. The topological polar surface area (TPSA) is 49.3 Å². The average Bonchev–Trinajstić information content (AvgIpc) is 2.09. The molecule has 2 fully saturated rings. The monoisotopic (exact) mass is 225 g/mol. The Morgan fingerprint density at radius 3 is 2.19 bits per heavy atom. The lowest BCUT2D eigenvalue weighted by atomic mass is 9.76. The van der Waals surface area contributed by atoms with Gasteiger partial charge in [-0.3, -0.25) is 4.79 Å². The Kier molecular flexibility index (Phi) is 3.53. The van der Waals surface area contributed by atoms with Crippen LogP contribution >= 0.6 is 0 Å². The maximum Gasteiger partial charge on any atom is 0.308 e. The summed E-state index contributed by atoms with van der Waals surface area (Å²) in [7, 11) is 0. The summed E-state index contributed by atoms with van der Waals surface area (Å²) in [5.41, 5.74) is 0. The molecule has 16 heavy (non-hydrogen) atoms. The number of carbonyl (C=O) groups is 1. The molecule has 2 saturated carbocycles. The Bertz CT molecular complexity index is 257. The first-order valence-corrected chi connectivity index (χ1v) is 6.55. The molecule has 3 nitrogen and oxygen atoms in total. The van der Waals surface area contributed by atoms with Crippen molar-refractivity contribution in [3.05, 3.63) is 0 Å².